The lowest BCUT2D eigenvalue weighted by Gasteiger charge is -2.42. The maximum atomic E-state index is 13.9. The van der Waals surface area contributed by atoms with Crippen LogP contribution < -0.4 is 0 Å². The first kappa shape index (κ1) is 29.0. The van der Waals surface area contributed by atoms with E-state index in [-0.39, 0.29) is 16.7 Å². The first-order chi connectivity index (χ1) is 18.9. The highest BCUT2D eigenvalue weighted by molar-refractivity contribution is 14.1. The summed E-state index contributed by atoms with van der Waals surface area (Å²) in [6.45, 7) is 2.77. The molecule has 0 saturated carbocycles. The summed E-state index contributed by atoms with van der Waals surface area (Å²) in [5.74, 6) is -0.0494. The van der Waals surface area contributed by atoms with Crippen LogP contribution in [0.1, 0.15) is 34.9 Å². The molecule has 40 heavy (non-hydrogen) atoms. The van der Waals surface area contributed by atoms with Crippen LogP contribution in [0.4, 0.5) is 13.2 Å². The number of alkyl halides is 3. The van der Waals surface area contributed by atoms with Crippen LogP contribution in [0, 0.1) is 17.4 Å². The van der Waals surface area contributed by atoms with Crippen molar-refractivity contribution < 1.29 is 33.2 Å². The molecule has 4 aromatic rings. The molecule has 0 spiro atoms. The van der Waals surface area contributed by atoms with E-state index in [4.69, 9.17) is 16.3 Å². The monoisotopic (exact) mass is 689 g/mol. The molecule has 0 amide bonds. The van der Waals surface area contributed by atoms with Gasteiger partial charge in [-0.05, 0) is 60.2 Å². The Balaban J connectivity index is 1.61. The minimum atomic E-state index is -4.74. The molecular formula is C26H24ClF3IN5O4. The molecule has 0 radical (unpaired) electrons. The fraction of sp³-hybridized carbons (Fsp3) is 0.346. The van der Waals surface area contributed by atoms with E-state index in [0.717, 1.165) is 37.6 Å². The van der Waals surface area contributed by atoms with Gasteiger partial charge in [0.15, 0.2) is 5.82 Å². The van der Waals surface area contributed by atoms with Crippen molar-refractivity contribution in [2.75, 3.05) is 6.61 Å². The van der Waals surface area contributed by atoms with E-state index in [2.05, 4.69) is 37.8 Å². The summed E-state index contributed by atoms with van der Waals surface area (Å²) < 4.78 is 50.7. The Bertz CT molecular complexity index is 1550. The van der Waals surface area contributed by atoms with Gasteiger partial charge < -0.3 is 20.1 Å². The van der Waals surface area contributed by atoms with Crippen molar-refractivity contribution in [1.82, 2.24) is 24.5 Å². The van der Waals surface area contributed by atoms with Gasteiger partial charge in [-0.1, -0.05) is 35.9 Å². The molecule has 0 aliphatic carbocycles. The summed E-state index contributed by atoms with van der Waals surface area (Å²) in [7, 11) is 0. The van der Waals surface area contributed by atoms with Gasteiger partial charge >= 0.3 is 6.18 Å². The number of benzene rings is 2. The van der Waals surface area contributed by atoms with E-state index >= 15 is 0 Å². The Hall–Kier alpha value is -2.56. The average molecular weight is 690 g/mol. The Kier molecular flexibility index (Phi) is 7.98. The number of rotatable bonds is 5. The maximum Gasteiger partial charge on any atom is 0.418 e. The average Bonchev–Trinajstić information content (AvgIpc) is 3.46. The number of hydrogen-bond donors (Lipinski definition) is 3. The van der Waals surface area contributed by atoms with Gasteiger partial charge in [0.25, 0.3) is 0 Å². The molecule has 1 aliphatic rings. The highest BCUT2D eigenvalue weighted by Gasteiger charge is 2.49. The molecule has 0 bridgehead atoms. The van der Waals surface area contributed by atoms with Gasteiger partial charge in [-0.3, -0.25) is 4.68 Å². The molecule has 212 valence electrons. The van der Waals surface area contributed by atoms with Crippen LogP contribution in [-0.2, 0) is 10.9 Å². The molecule has 1 aliphatic heterocycles. The zero-order chi connectivity index (χ0) is 28.9. The van der Waals surface area contributed by atoms with Crippen LogP contribution >= 0.6 is 34.2 Å². The van der Waals surface area contributed by atoms with Gasteiger partial charge in [0, 0.05) is 16.8 Å². The lowest BCUT2D eigenvalue weighted by Crippen LogP contribution is -2.53. The van der Waals surface area contributed by atoms with E-state index in [1.807, 2.05) is 31.2 Å². The highest BCUT2D eigenvalue weighted by Crippen LogP contribution is 2.41. The molecule has 1 saturated heterocycles. The quantitative estimate of drug-likeness (QED) is 0.266. The Morgan fingerprint density at radius 1 is 1.07 bits per heavy atom. The first-order valence-corrected chi connectivity index (χ1v) is 13.6. The molecule has 14 heteroatoms. The third-order valence-electron chi connectivity index (χ3n) is 6.77. The van der Waals surface area contributed by atoms with Crippen molar-refractivity contribution in [2.45, 2.75) is 50.5 Å². The van der Waals surface area contributed by atoms with Crippen molar-refractivity contribution >= 4 is 34.2 Å². The Morgan fingerprint density at radius 3 is 2.48 bits per heavy atom. The van der Waals surface area contributed by atoms with Gasteiger partial charge in [-0.25, -0.2) is 9.67 Å². The van der Waals surface area contributed by atoms with Crippen LogP contribution in [0.15, 0.2) is 48.7 Å². The van der Waals surface area contributed by atoms with E-state index in [0.29, 0.717) is 5.69 Å². The van der Waals surface area contributed by atoms with Gasteiger partial charge in [0.05, 0.1) is 21.4 Å². The summed E-state index contributed by atoms with van der Waals surface area (Å²) in [6, 6.07) is 9.49. The number of hydrogen-bond acceptors (Lipinski definition) is 7. The normalized spacial score (nSPS) is 23.5. The van der Waals surface area contributed by atoms with E-state index in [1.54, 1.807) is 6.20 Å². The second-order valence-corrected chi connectivity index (χ2v) is 11.1. The topological polar surface area (TPSA) is 118 Å². The summed E-state index contributed by atoms with van der Waals surface area (Å²) in [5.41, 5.74) is 1.01. The predicted octanol–water partition coefficient (Wildman–Crippen LogP) is 4.42. The van der Waals surface area contributed by atoms with Crippen molar-refractivity contribution in [3.05, 3.63) is 80.0 Å². The molecule has 2 aromatic carbocycles. The largest absolute Gasteiger partial charge is 0.418 e. The Morgan fingerprint density at radius 2 is 1.80 bits per heavy atom. The summed E-state index contributed by atoms with van der Waals surface area (Å²) in [4.78, 5) is 4.28. The summed E-state index contributed by atoms with van der Waals surface area (Å²) >= 11 is 8.15. The van der Waals surface area contributed by atoms with E-state index in [9.17, 15) is 28.5 Å². The molecular weight excluding hydrogens is 666 g/mol. The van der Waals surface area contributed by atoms with Crippen LogP contribution in [-0.4, -0.2) is 64.8 Å². The number of aliphatic hydroxyl groups excluding tert-OH is 3. The van der Waals surface area contributed by atoms with Crippen LogP contribution in [0.2, 0.25) is 5.02 Å². The van der Waals surface area contributed by atoms with Crippen molar-refractivity contribution in [3.8, 4) is 16.9 Å². The molecule has 3 heterocycles. The lowest BCUT2D eigenvalue weighted by atomic mass is 9.92. The second kappa shape index (κ2) is 11.0. The summed E-state index contributed by atoms with van der Waals surface area (Å²) in [6.07, 6.45) is -8.66. The van der Waals surface area contributed by atoms with Crippen molar-refractivity contribution in [1.29, 1.82) is 0 Å². The highest BCUT2D eigenvalue weighted by atomic mass is 127. The lowest BCUT2D eigenvalue weighted by molar-refractivity contribution is -0.210. The van der Waals surface area contributed by atoms with Crippen LogP contribution in [0.3, 0.4) is 0 Å². The predicted molar refractivity (Wildman–Crippen MR) is 147 cm³/mol. The van der Waals surface area contributed by atoms with Gasteiger partial charge in [0.1, 0.15) is 42.0 Å². The van der Waals surface area contributed by atoms with Gasteiger partial charge in [0.2, 0.25) is 0 Å². The van der Waals surface area contributed by atoms with Gasteiger partial charge in [-0.15, -0.1) is 0 Å². The minimum absolute atomic E-state index is 0.0311. The van der Waals surface area contributed by atoms with Crippen LogP contribution in [0.25, 0.3) is 16.9 Å². The number of halogens is 5. The standard InChI is InChI=1S/C26H24ClF3IN5O4/c1-12-5-3-4-6-15(12)20-17(31)10-35(34-20)21-22(38)19(11-37)40-24(23(21)39)25-32-13(2)33-36(25)18-9-14(27)7-8-16(18)26(28,29)30/h3-10,19,21-24,37-39H,11H2,1-2H3/t19?,21-,22-,23?,24+/m0/s1. The van der Waals surface area contributed by atoms with Crippen molar-refractivity contribution in [2.24, 2.45) is 0 Å². The molecule has 1 fully saturated rings. The number of aromatic nitrogens is 5. The molecule has 2 unspecified atom stereocenters. The van der Waals surface area contributed by atoms with Crippen LogP contribution in [0.5, 0.6) is 0 Å². The van der Waals surface area contributed by atoms with Crippen molar-refractivity contribution in [3.63, 3.8) is 0 Å². The first-order valence-electron chi connectivity index (χ1n) is 12.1. The zero-order valence-electron chi connectivity index (χ0n) is 21.1. The number of aliphatic hydroxyl groups is 3. The smallest absolute Gasteiger partial charge is 0.394 e. The van der Waals surface area contributed by atoms with Gasteiger partial charge in [-0.2, -0.15) is 23.4 Å². The maximum absolute atomic E-state index is 13.9. The minimum Gasteiger partial charge on any atom is -0.394 e. The summed E-state index contributed by atoms with van der Waals surface area (Å²) in [5, 5.41) is 41.5. The Labute approximate surface area is 245 Å². The second-order valence-electron chi connectivity index (χ2n) is 9.46. The fourth-order valence-electron chi connectivity index (χ4n) is 4.88. The molecule has 3 N–H and O–H groups in total. The molecule has 5 atom stereocenters. The van der Waals surface area contributed by atoms with E-state index < -0.39 is 54.5 Å². The molecule has 5 rings (SSSR count). The molecule has 2 aromatic heterocycles. The van der Waals surface area contributed by atoms with E-state index in [1.165, 1.54) is 11.6 Å². The number of ether oxygens (including phenoxy) is 1. The third kappa shape index (κ3) is 5.25. The zero-order valence-corrected chi connectivity index (χ0v) is 24.0. The fourth-order valence-corrected chi connectivity index (χ4v) is 5.73. The third-order valence-corrected chi connectivity index (χ3v) is 7.80. The molecule has 9 nitrogen and oxygen atoms in total. The number of nitrogens with zero attached hydrogens (tertiary/aromatic N) is 5. The SMILES string of the molecule is Cc1nc([C@@H]2OC(CO)[C@H](O)[C@H](n3cc(I)c(-c4ccccc4C)n3)C2O)n(-c2cc(Cl)ccc2C(F)(F)F)n1. The number of aryl methyl sites for hydroxylation is 2.